The van der Waals surface area contributed by atoms with E-state index in [4.69, 9.17) is 0 Å². The van der Waals surface area contributed by atoms with Gasteiger partial charge in [0.05, 0.1) is 11.1 Å². The Morgan fingerprint density at radius 3 is 2.84 bits per heavy atom. The Morgan fingerprint density at radius 2 is 2.16 bits per heavy atom. The third-order valence-electron chi connectivity index (χ3n) is 2.65. The van der Waals surface area contributed by atoms with Gasteiger partial charge in [-0.3, -0.25) is 0 Å². The van der Waals surface area contributed by atoms with Crippen molar-refractivity contribution in [3.05, 3.63) is 47.2 Å². The number of carboxylic acids is 1. The van der Waals surface area contributed by atoms with Gasteiger partial charge in [-0.1, -0.05) is 0 Å². The van der Waals surface area contributed by atoms with Crippen LogP contribution in [0.5, 0.6) is 0 Å². The van der Waals surface area contributed by atoms with Crippen molar-refractivity contribution in [2.24, 2.45) is 0 Å². The van der Waals surface area contributed by atoms with Gasteiger partial charge in [-0.2, -0.15) is 0 Å². The van der Waals surface area contributed by atoms with Gasteiger partial charge >= 0.3 is 5.97 Å². The van der Waals surface area contributed by atoms with Gasteiger partial charge in [-0.15, -0.1) is 11.3 Å². The molecular formula is C13H7FN2O2S. The number of pyridine rings is 1. The van der Waals surface area contributed by atoms with Gasteiger partial charge in [-0.05, 0) is 18.2 Å². The molecule has 0 aliphatic rings. The minimum absolute atomic E-state index is 0.0928. The van der Waals surface area contributed by atoms with E-state index in [9.17, 15) is 14.3 Å². The Kier molecular flexibility index (Phi) is 2.72. The number of aromatic nitrogens is 2. The second-order valence-electron chi connectivity index (χ2n) is 3.86. The fourth-order valence-corrected chi connectivity index (χ4v) is 2.44. The van der Waals surface area contributed by atoms with Crippen LogP contribution in [0.3, 0.4) is 0 Å². The number of hydrogen-bond donors (Lipinski definition) is 1. The van der Waals surface area contributed by atoms with Gasteiger partial charge < -0.3 is 5.11 Å². The minimum atomic E-state index is -1.07. The summed E-state index contributed by atoms with van der Waals surface area (Å²) in [7, 11) is 0. The summed E-state index contributed by atoms with van der Waals surface area (Å²) >= 11 is 1.35. The van der Waals surface area contributed by atoms with Gasteiger partial charge in [0.1, 0.15) is 16.5 Å². The van der Waals surface area contributed by atoms with Crippen LogP contribution >= 0.6 is 11.3 Å². The van der Waals surface area contributed by atoms with E-state index in [0.717, 1.165) is 0 Å². The number of carbonyl (C=O) groups is 1. The van der Waals surface area contributed by atoms with E-state index in [-0.39, 0.29) is 5.56 Å². The lowest BCUT2D eigenvalue weighted by atomic mass is 10.1. The molecule has 0 saturated carbocycles. The first-order chi connectivity index (χ1) is 9.15. The van der Waals surface area contributed by atoms with E-state index in [2.05, 4.69) is 9.97 Å². The zero-order chi connectivity index (χ0) is 13.4. The van der Waals surface area contributed by atoms with Gasteiger partial charge in [0.25, 0.3) is 0 Å². The molecule has 6 heteroatoms. The van der Waals surface area contributed by atoms with Crippen molar-refractivity contribution in [2.75, 3.05) is 0 Å². The number of aromatic carboxylic acids is 1. The van der Waals surface area contributed by atoms with E-state index >= 15 is 0 Å². The first kappa shape index (κ1) is 11.7. The van der Waals surface area contributed by atoms with Crippen molar-refractivity contribution < 1.29 is 14.3 Å². The normalized spacial score (nSPS) is 10.8. The molecule has 1 N–H and O–H groups in total. The first-order valence-corrected chi connectivity index (χ1v) is 6.26. The molecule has 0 saturated heterocycles. The number of thiazole rings is 1. The lowest BCUT2D eigenvalue weighted by Gasteiger charge is -2.05. The molecule has 3 rings (SSSR count). The molecular weight excluding hydrogens is 267 g/mol. The smallest absolute Gasteiger partial charge is 0.336 e. The van der Waals surface area contributed by atoms with Crippen LogP contribution < -0.4 is 0 Å². The number of halogens is 1. The van der Waals surface area contributed by atoms with E-state index in [0.29, 0.717) is 21.6 Å². The van der Waals surface area contributed by atoms with E-state index in [1.54, 1.807) is 11.6 Å². The standard InChI is InChI=1S/C13H7FN2O2S/c14-7-1-2-8-9(13(17)18)6-11(16-10(8)5-7)12-15-3-4-19-12/h1-6H,(H,17,18). The highest BCUT2D eigenvalue weighted by Crippen LogP contribution is 2.26. The van der Waals surface area contributed by atoms with E-state index in [1.807, 2.05) is 0 Å². The van der Waals surface area contributed by atoms with Gasteiger partial charge in [0.15, 0.2) is 0 Å². The Hall–Kier alpha value is -2.34. The van der Waals surface area contributed by atoms with Crippen molar-refractivity contribution in [3.8, 4) is 10.7 Å². The van der Waals surface area contributed by atoms with Crippen molar-refractivity contribution in [3.63, 3.8) is 0 Å². The topological polar surface area (TPSA) is 63.1 Å². The summed E-state index contributed by atoms with van der Waals surface area (Å²) in [6.45, 7) is 0. The van der Waals surface area contributed by atoms with Crippen LogP contribution in [0, 0.1) is 5.82 Å². The molecule has 0 radical (unpaired) electrons. The average molecular weight is 274 g/mol. The molecule has 1 aromatic carbocycles. The summed E-state index contributed by atoms with van der Waals surface area (Å²) < 4.78 is 13.2. The highest BCUT2D eigenvalue weighted by atomic mass is 32.1. The number of rotatable bonds is 2. The molecule has 4 nitrogen and oxygen atoms in total. The number of benzene rings is 1. The predicted molar refractivity (Wildman–Crippen MR) is 69.8 cm³/mol. The Bertz CT molecular complexity index is 772. The molecule has 0 aliphatic heterocycles. The molecule has 2 heterocycles. The van der Waals surface area contributed by atoms with Gasteiger partial charge in [0.2, 0.25) is 0 Å². The zero-order valence-electron chi connectivity index (χ0n) is 9.50. The Labute approximate surface area is 111 Å². The fraction of sp³-hybridized carbons (Fsp3) is 0. The number of nitrogens with zero attached hydrogens (tertiary/aromatic N) is 2. The fourth-order valence-electron chi connectivity index (χ4n) is 1.84. The Balaban J connectivity index is 2.34. The van der Waals surface area contributed by atoms with Crippen LogP contribution in [0.4, 0.5) is 4.39 Å². The molecule has 0 bridgehead atoms. The number of carboxylic acid groups (broad SMARTS) is 1. The summed E-state index contributed by atoms with van der Waals surface area (Å²) in [5.74, 6) is -1.52. The summed E-state index contributed by atoms with van der Waals surface area (Å²) in [5, 5.41) is 12.0. The largest absolute Gasteiger partial charge is 0.478 e. The third-order valence-corrected chi connectivity index (χ3v) is 3.45. The summed E-state index contributed by atoms with van der Waals surface area (Å²) in [5.41, 5.74) is 0.839. The zero-order valence-corrected chi connectivity index (χ0v) is 10.3. The van der Waals surface area contributed by atoms with Gasteiger partial charge in [0, 0.05) is 23.0 Å². The molecule has 0 spiro atoms. The van der Waals surface area contributed by atoms with E-state index in [1.165, 1.54) is 35.6 Å². The molecule has 0 unspecified atom stereocenters. The Morgan fingerprint density at radius 1 is 1.32 bits per heavy atom. The molecule has 0 aliphatic carbocycles. The maximum atomic E-state index is 13.2. The van der Waals surface area contributed by atoms with Crippen LogP contribution in [0.15, 0.2) is 35.8 Å². The SMILES string of the molecule is O=C(O)c1cc(-c2nccs2)nc2cc(F)ccc12. The second kappa shape index (κ2) is 4.40. The minimum Gasteiger partial charge on any atom is -0.478 e. The molecule has 2 aromatic heterocycles. The maximum Gasteiger partial charge on any atom is 0.336 e. The van der Waals surface area contributed by atoms with Crippen LogP contribution in [-0.2, 0) is 0 Å². The predicted octanol–water partition coefficient (Wildman–Crippen LogP) is 3.20. The number of hydrogen-bond acceptors (Lipinski definition) is 4. The molecule has 0 atom stereocenters. The first-order valence-electron chi connectivity index (χ1n) is 5.38. The summed E-state index contributed by atoms with van der Waals surface area (Å²) in [6.07, 6.45) is 1.61. The maximum absolute atomic E-state index is 13.2. The van der Waals surface area contributed by atoms with Crippen LogP contribution in [0.25, 0.3) is 21.6 Å². The van der Waals surface area contributed by atoms with Gasteiger partial charge in [-0.25, -0.2) is 19.2 Å². The van der Waals surface area contributed by atoms with Crippen molar-refractivity contribution in [1.29, 1.82) is 0 Å². The monoisotopic (exact) mass is 274 g/mol. The summed E-state index contributed by atoms with van der Waals surface area (Å²) in [6, 6.07) is 5.33. The summed E-state index contributed by atoms with van der Waals surface area (Å²) in [4.78, 5) is 19.6. The molecule has 0 amide bonds. The molecule has 0 fully saturated rings. The average Bonchev–Trinajstić information content (AvgIpc) is 2.90. The third kappa shape index (κ3) is 2.06. The quantitative estimate of drug-likeness (QED) is 0.779. The molecule has 3 aromatic rings. The van der Waals surface area contributed by atoms with Crippen molar-refractivity contribution in [1.82, 2.24) is 9.97 Å². The second-order valence-corrected chi connectivity index (χ2v) is 4.75. The van der Waals surface area contributed by atoms with Crippen LogP contribution in [0.2, 0.25) is 0 Å². The lowest BCUT2D eigenvalue weighted by molar-refractivity contribution is 0.0699. The number of fused-ring (bicyclic) bond motifs is 1. The highest BCUT2D eigenvalue weighted by Gasteiger charge is 2.14. The molecule has 19 heavy (non-hydrogen) atoms. The molecule has 94 valence electrons. The lowest BCUT2D eigenvalue weighted by Crippen LogP contribution is -2.00. The van der Waals surface area contributed by atoms with Crippen LogP contribution in [0.1, 0.15) is 10.4 Å². The van der Waals surface area contributed by atoms with Crippen LogP contribution in [-0.4, -0.2) is 21.0 Å². The van der Waals surface area contributed by atoms with E-state index < -0.39 is 11.8 Å². The highest BCUT2D eigenvalue weighted by molar-refractivity contribution is 7.13. The van der Waals surface area contributed by atoms with Crippen molar-refractivity contribution >= 4 is 28.2 Å². The van der Waals surface area contributed by atoms with Crippen molar-refractivity contribution in [2.45, 2.75) is 0 Å².